The maximum Gasteiger partial charge on any atom is 0.227 e. The van der Waals surface area contributed by atoms with Crippen LogP contribution in [0.1, 0.15) is 26.6 Å². The molecule has 0 aliphatic carbocycles. The van der Waals surface area contributed by atoms with E-state index < -0.39 is 0 Å². The summed E-state index contributed by atoms with van der Waals surface area (Å²) in [5.74, 6) is 0.544. The predicted molar refractivity (Wildman–Crippen MR) is 83.2 cm³/mol. The summed E-state index contributed by atoms with van der Waals surface area (Å²) in [7, 11) is 0. The SMILES string of the molecule is CC(C)(C)c1nc(SCC(N)=O)c2cc(Cl)ccc2n1. The first kappa shape index (κ1) is 15.1. The van der Waals surface area contributed by atoms with Crippen molar-refractivity contribution in [3.63, 3.8) is 0 Å². The third-order valence-electron chi connectivity index (χ3n) is 2.64. The van der Waals surface area contributed by atoms with Crippen LogP contribution < -0.4 is 5.73 Å². The van der Waals surface area contributed by atoms with Crippen LogP contribution >= 0.6 is 23.4 Å². The molecule has 6 heteroatoms. The van der Waals surface area contributed by atoms with Crippen molar-refractivity contribution in [3.05, 3.63) is 29.0 Å². The molecule has 2 rings (SSSR count). The number of carbonyl (C=O) groups is 1. The van der Waals surface area contributed by atoms with E-state index >= 15 is 0 Å². The molecule has 1 aromatic carbocycles. The van der Waals surface area contributed by atoms with Crippen LogP contribution in [0, 0.1) is 0 Å². The Hall–Kier alpha value is -1.33. The summed E-state index contributed by atoms with van der Waals surface area (Å²) in [4.78, 5) is 20.1. The highest BCUT2D eigenvalue weighted by atomic mass is 35.5. The van der Waals surface area contributed by atoms with Crippen molar-refractivity contribution >= 4 is 40.2 Å². The number of fused-ring (bicyclic) bond motifs is 1. The van der Waals surface area contributed by atoms with Gasteiger partial charge in [-0.2, -0.15) is 0 Å². The van der Waals surface area contributed by atoms with E-state index in [0.717, 1.165) is 21.8 Å². The van der Waals surface area contributed by atoms with E-state index in [1.807, 2.05) is 32.9 Å². The van der Waals surface area contributed by atoms with Crippen molar-refractivity contribution in [2.45, 2.75) is 31.2 Å². The van der Waals surface area contributed by atoms with E-state index in [1.54, 1.807) is 6.07 Å². The topological polar surface area (TPSA) is 68.9 Å². The van der Waals surface area contributed by atoms with Crippen LogP contribution in [0.4, 0.5) is 0 Å². The molecule has 2 N–H and O–H groups in total. The second kappa shape index (κ2) is 5.58. The molecule has 0 aliphatic heterocycles. The van der Waals surface area contributed by atoms with Gasteiger partial charge in [0.1, 0.15) is 10.9 Å². The summed E-state index contributed by atoms with van der Waals surface area (Å²) >= 11 is 7.34. The van der Waals surface area contributed by atoms with Crippen LogP contribution in [0.15, 0.2) is 23.2 Å². The molecule has 0 saturated carbocycles. The number of hydrogen-bond acceptors (Lipinski definition) is 4. The third-order valence-corrected chi connectivity index (χ3v) is 3.89. The molecule has 1 aromatic heterocycles. The fourth-order valence-electron chi connectivity index (χ4n) is 1.66. The Morgan fingerprint density at radius 2 is 2.05 bits per heavy atom. The molecule has 0 radical (unpaired) electrons. The minimum Gasteiger partial charge on any atom is -0.369 e. The van der Waals surface area contributed by atoms with Crippen LogP contribution in [-0.2, 0) is 10.2 Å². The van der Waals surface area contributed by atoms with E-state index in [-0.39, 0.29) is 17.1 Å². The highest BCUT2D eigenvalue weighted by Crippen LogP contribution is 2.30. The lowest BCUT2D eigenvalue weighted by molar-refractivity contribution is -0.115. The van der Waals surface area contributed by atoms with Gasteiger partial charge in [0.2, 0.25) is 5.91 Å². The molecule has 0 atom stereocenters. The summed E-state index contributed by atoms with van der Waals surface area (Å²) in [6, 6.07) is 5.47. The van der Waals surface area contributed by atoms with Crippen molar-refractivity contribution in [2.75, 3.05) is 5.75 Å². The lowest BCUT2D eigenvalue weighted by Gasteiger charge is -2.18. The molecule has 2 aromatic rings. The highest BCUT2D eigenvalue weighted by Gasteiger charge is 2.20. The Balaban J connectivity index is 2.60. The number of thioether (sulfide) groups is 1. The van der Waals surface area contributed by atoms with Gasteiger partial charge in [0.15, 0.2) is 0 Å². The van der Waals surface area contributed by atoms with Gasteiger partial charge >= 0.3 is 0 Å². The summed E-state index contributed by atoms with van der Waals surface area (Å²) in [6.07, 6.45) is 0. The molecule has 1 amide bonds. The molecular weight excluding hydrogens is 294 g/mol. The Bertz CT molecular complexity index is 667. The average molecular weight is 310 g/mol. The smallest absolute Gasteiger partial charge is 0.227 e. The lowest BCUT2D eigenvalue weighted by Crippen LogP contribution is -2.17. The van der Waals surface area contributed by atoms with Crippen LogP contribution in [0.5, 0.6) is 0 Å². The normalized spacial score (nSPS) is 11.8. The number of benzene rings is 1. The average Bonchev–Trinajstić information content (AvgIpc) is 2.34. The van der Waals surface area contributed by atoms with Gasteiger partial charge in [0.25, 0.3) is 0 Å². The highest BCUT2D eigenvalue weighted by molar-refractivity contribution is 8.00. The number of primary amides is 1. The molecule has 0 saturated heterocycles. The standard InChI is InChI=1S/C14H16ClN3OS/c1-14(2,3)13-17-10-5-4-8(15)6-9(10)12(18-13)20-7-11(16)19/h4-6H,7H2,1-3H3,(H2,16,19). The van der Waals surface area contributed by atoms with Gasteiger partial charge in [-0.05, 0) is 18.2 Å². The molecule has 0 spiro atoms. The van der Waals surface area contributed by atoms with Gasteiger partial charge < -0.3 is 5.73 Å². The minimum atomic E-state index is -0.374. The van der Waals surface area contributed by atoms with E-state index in [2.05, 4.69) is 9.97 Å². The Kier molecular flexibility index (Phi) is 4.20. The predicted octanol–water partition coefficient (Wildman–Crippen LogP) is 3.16. The van der Waals surface area contributed by atoms with Crippen LogP contribution in [0.2, 0.25) is 5.02 Å². The van der Waals surface area contributed by atoms with Gasteiger partial charge in [-0.25, -0.2) is 9.97 Å². The van der Waals surface area contributed by atoms with Crippen LogP contribution in [0.25, 0.3) is 10.9 Å². The largest absolute Gasteiger partial charge is 0.369 e. The Labute approximate surface area is 127 Å². The van der Waals surface area contributed by atoms with E-state index in [4.69, 9.17) is 17.3 Å². The fourth-order valence-corrected chi connectivity index (χ4v) is 2.58. The van der Waals surface area contributed by atoms with Crippen LogP contribution in [-0.4, -0.2) is 21.6 Å². The first-order chi connectivity index (χ1) is 9.27. The van der Waals surface area contributed by atoms with Crippen LogP contribution in [0.3, 0.4) is 0 Å². The van der Waals surface area contributed by atoms with E-state index in [0.29, 0.717) is 5.02 Å². The number of aromatic nitrogens is 2. The van der Waals surface area contributed by atoms with Gasteiger partial charge in [0.05, 0.1) is 11.3 Å². The van der Waals surface area contributed by atoms with Crippen molar-refractivity contribution in [1.29, 1.82) is 0 Å². The first-order valence-corrected chi connectivity index (χ1v) is 7.52. The molecule has 0 fully saturated rings. The van der Waals surface area contributed by atoms with E-state index in [9.17, 15) is 4.79 Å². The summed E-state index contributed by atoms with van der Waals surface area (Å²) in [5.41, 5.74) is 5.86. The first-order valence-electron chi connectivity index (χ1n) is 6.16. The number of nitrogens with zero attached hydrogens (tertiary/aromatic N) is 2. The zero-order chi connectivity index (χ0) is 14.9. The monoisotopic (exact) mass is 309 g/mol. The zero-order valence-electron chi connectivity index (χ0n) is 11.6. The number of hydrogen-bond donors (Lipinski definition) is 1. The Morgan fingerprint density at radius 1 is 1.35 bits per heavy atom. The molecule has 0 aliphatic rings. The number of halogens is 1. The van der Waals surface area contributed by atoms with Crippen molar-refractivity contribution in [2.24, 2.45) is 5.73 Å². The second-order valence-electron chi connectivity index (χ2n) is 5.52. The number of amides is 1. The molecule has 4 nitrogen and oxygen atoms in total. The maximum absolute atomic E-state index is 11.0. The second-order valence-corrected chi connectivity index (χ2v) is 6.92. The maximum atomic E-state index is 11.0. The molecule has 1 heterocycles. The van der Waals surface area contributed by atoms with Crippen molar-refractivity contribution in [3.8, 4) is 0 Å². The number of nitrogens with two attached hydrogens (primary N) is 1. The van der Waals surface area contributed by atoms with Gasteiger partial charge in [-0.1, -0.05) is 44.1 Å². The zero-order valence-corrected chi connectivity index (χ0v) is 13.2. The summed E-state index contributed by atoms with van der Waals surface area (Å²) in [5, 5.41) is 2.20. The van der Waals surface area contributed by atoms with Gasteiger partial charge in [0, 0.05) is 15.8 Å². The molecule has 0 unspecified atom stereocenters. The summed E-state index contributed by atoms with van der Waals surface area (Å²) in [6.45, 7) is 6.14. The molecule has 106 valence electrons. The van der Waals surface area contributed by atoms with Crippen molar-refractivity contribution in [1.82, 2.24) is 9.97 Å². The van der Waals surface area contributed by atoms with Gasteiger partial charge in [-0.15, -0.1) is 0 Å². The minimum absolute atomic E-state index is 0.171. The van der Waals surface area contributed by atoms with Crippen molar-refractivity contribution < 1.29 is 4.79 Å². The van der Waals surface area contributed by atoms with Gasteiger partial charge in [-0.3, -0.25) is 4.79 Å². The number of carbonyl (C=O) groups excluding carboxylic acids is 1. The lowest BCUT2D eigenvalue weighted by atomic mass is 9.95. The molecular formula is C14H16ClN3OS. The quantitative estimate of drug-likeness (QED) is 0.698. The molecule has 0 bridgehead atoms. The fraction of sp³-hybridized carbons (Fsp3) is 0.357. The third kappa shape index (κ3) is 3.41. The Morgan fingerprint density at radius 3 is 2.65 bits per heavy atom. The van der Waals surface area contributed by atoms with E-state index in [1.165, 1.54) is 11.8 Å². The number of rotatable bonds is 3. The molecule has 20 heavy (non-hydrogen) atoms. The summed E-state index contributed by atoms with van der Waals surface area (Å²) < 4.78 is 0.